The lowest BCUT2D eigenvalue weighted by atomic mass is 10.1. The molecule has 2 N–H and O–H groups in total. The molecule has 25 heavy (non-hydrogen) atoms. The van der Waals surface area contributed by atoms with Crippen molar-refractivity contribution in [1.82, 2.24) is 0 Å². The number of aliphatic hydroxyl groups is 2. The highest BCUT2D eigenvalue weighted by molar-refractivity contribution is 9.27. The van der Waals surface area contributed by atoms with Crippen LogP contribution in [0.15, 0.2) is 60.7 Å². The monoisotopic (exact) mass is 726 g/mol. The van der Waals surface area contributed by atoms with Gasteiger partial charge in [-0.05, 0) is 107 Å². The summed E-state index contributed by atoms with van der Waals surface area (Å²) in [6.45, 7) is 0. The van der Waals surface area contributed by atoms with Crippen molar-refractivity contribution in [1.29, 1.82) is 0 Å². The van der Waals surface area contributed by atoms with E-state index in [1.54, 1.807) is 48.5 Å². The van der Waals surface area contributed by atoms with E-state index in [2.05, 4.69) is 95.6 Å². The Balaban J connectivity index is 2.35. The third-order valence-corrected chi connectivity index (χ3v) is 10.4. The van der Waals surface area contributed by atoms with Crippen molar-refractivity contribution < 1.29 is 14.9 Å². The molecule has 0 aliphatic rings. The molecular weight excluding hydrogens is 720 g/mol. The number of hydrogen-bond acceptors (Lipinski definition) is 3. The summed E-state index contributed by atoms with van der Waals surface area (Å²) in [5.41, 5.74) is 1.08. The minimum atomic E-state index is -1.66. The number of benzene rings is 2. The van der Waals surface area contributed by atoms with Crippen LogP contribution in [0.4, 0.5) is 0 Å². The summed E-state index contributed by atoms with van der Waals surface area (Å²) in [6, 6.07) is 17.8. The fourth-order valence-electron chi connectivity index (χ4n) is 1.95. The van der Waals surface area contributed by atoms with Crippen LogP contribution in [0.3, 0.4) is 0 Å². The lowest BCUT2D eigenvalue weighted by Gasteiger charge is -2.43. The zero-order valence-corrected chi connectivity index (χ0v) is 21.9. The molecule has 0 aliphatic heterocycles. The molecule has 0 saturated heterocycles. The van der Waals surface area contributed by atoms with Crippen LogP contribution >= 0.6 is 95.6 Å². The van der Waals surface area contributed by atoms with Crippen LogP contribution in [0, 0.1) is 0 Å². The van der Waals surface area contributed by atoms with Crippen LogP contribution in [-0.4, -0.2) is 17.1 Å². The quantitative estimate of drug-likeness (QED) is 0.340. The number of ether oxygens (including phenoxy) is 1. The van der Waals surface area contributed by atoms with E-state index in [1.807, 2.05) is 12.1 Å². The zero-order chi connectivity index (χ0) is 18.9. The predicted octanol–water partition coefficient (Wildman–Crippen LogP) is 6.37. The Bertz CT molecular complexity index is 643. The van der Waals surface area contributed by atoms with Crippen molar-refractivity contribution in [3.05, 3.63) is 71.8 Å². The molecule has 136 valence electrons. The van der Waals surface area contributed by atoms with Gasteiger partial charge in [-0.2, -0.15) is 0 Å². The highest BCUT2D eigenvalue weighted by Crippen LogP contribution is 2.58. The zero-order valence-electron chi connectivity index (χ0n) is 12.3. The number of hydrogen-bond donors (Lipinski definition) is 2. The molecule has 0 aliphatic carbocycles. The summed E-state index contributed by atoms with van der Waals surface area (Å²) in [7, 11) is 0. The maximum absolute atomic E-state index is 11.0. The van der Waals surface area contributed by atoms with Crippen LogP contribution in [0.2, 0.25) is 0 Å². The lowest BCUT2D eigenvalue weighted by Crippen LogP contribution is -2.49. The van der Waals surface area contributed by atoms with E-state index in [-0.39, 0.29) is 0 Å². The third-order valence-electron chi connectivity index (χ3n) is 3.34. The average molecular weight is 732 g/mol. The predicted molar refractivity (Wildman–Crippen MR) is 121 cm³/mol. The van der Waals surface area contributed by atoms with E-state index in [1.165, 1.54) is 0 Å². The summed E-state index contributed by atoms with van der Waals surface area (Å²) < 4.78 is -0.413. The summed E-state index contributed by atoms with van der Waals surface area (Å²) in [4.78, 5) is 0. The Morgan fingerprint density at radius 2 is 0.840 bits per heavy atom. The maximum Gasteiger partial charge on any atom is 0.223 e. The van der Waals surface area contributed by atoms with Gasteiger partial charge in [-0.3, -0.25) is 0 Å². The molecule has 0 amide bonds. The maximum atomic E-state index is 11.0. The van der Waals surface area contributed by atoms with Crippen LogP contribution in [0.5, 0.6) is 0 Å². The van der Waals surface area contributed by atoms with Gasteiger partial charge in [0.25, 0.3) is 0 Å². The Hall–Kier alpha value is 1.20. The second-order valence-corrected chi connectivity index (χ2v) is 14.0. The van der Waals surface area contributed by atoms with Gasteiger partial charge in [-0.1, -0.05) is 60.7 Å². The first-order chi connectivity index (χ1) is 11.4. The van der Waals surface area contributed by atoms with Crippen molar-refractivity contribution in [3.63, 3.8) is 0 Å². The molecule has 2 atom stereocenters. The Morgan fingerprint density at radius 1 is 0.560 bits per heavy atom. The van der Waals surface area contributed by atoms with E-state index < -0.39 is 15.9 Å². The Morgan fingerprint density at radius 3 is 1.12 bits per heavy atom. The van der Waals surface area contributed by atoms with Gasteiger partial charge in [0.1, 0.15) is 0 Å². The van der Waals surface area contributed by atoms with Gasteiger partial charge < -0.3 is 14.9 Å². The second-order valence-electron chi connectivity index (χ2n) is 5.11. The smallest absolute Gasteiger partial charge is 0.223 e. The van der Waals surface area contributed by atoms with E-state index in [4.69, 9.17) is 4.74 Å². The van der Waals surface area contributed by atoms with Gasteiger partial charge in [0.2, 0.25) is 6.84 Å². The lowest BCUT2D eigenvalue weighted by molar-refractivity contribution is -0.0832. The molecule has 3 nitrogen and oxygen atoms in total. The minimum Gasteiger partial charge on any atom is -0.371 e. The molecule has 0 fully saturated rings. The molecule has 9 heteroatoms. The first-order valence-electron chi connectivity index (χ1n) is 6.81. The molecule has 2 aromatic rings. The summed E-state index contributed by atoms with van der Waals surface area (Å²) in [6.07, 6.45) is 0. The van der Waals surface area contributed by atoms with E-state index in [9.17, 15) is 10.2 Å². The van der Waals surface area contributed by atoms with Gasteiger partial charge in [-0.25, -0.2) is 0 Å². The van der Waals surface area contributed by atoms with Gasteiger partial charge in [0.05, 0.1) is 0 Å². The van der Waals surface area contributed by atoms with Crippen molar-refractivity contribution in [2.24, 2.45) is 0 Å². The van der Waals surface area contributed by atoms with Crippen molar-refractivity contribution in [2.75, 3.05) is 0 Å². The summed E-state index contributed by atoms with van der Waals surface area (Å²) >= 11 is 20.0. The SMILES string of the molecule is OC(Br)(c1ccccc1)C(Br)(Br)OC(Br)(Br)C(O)(Br)c1ccccc1. The first kappa shape index (κ1) is 22.5. The van der Waals surface area contributed by atoms with Crippen molar-refractivity contribution >= 4 is 95.6 Å². The van der Waals surface area contributed by atoms with Gasteiger partial charge >= 0.3 is 0 Å². The highest BCUT2D eigenvalue weighted by atomic mass is 79.9. The Kier molecular flexibility index (Phi) is 7.45. The molecule has 0 radical (unpaired) electrons. The standard InChI is InChI=1S/C16H12Br6O3/c17-13(23,11-7-3-1-4-8-11)15(19,20)25-16(21,22)14(18,24)12-9-5-2-6-10-12/h1-10,23-24H. The molecule has 2 rings (SSSR count). The van der Waals surface area contributed by atoms with Crippen LogP contribution in [-0.2, 0) is 13.8 Å². The molecule has 0 spiro atoms. The van der Waals surface area contributed by atoms with Gasteiger partial charge in [0.15, 0.2) is 9.02 Å². The van der Waals surface area contributed by atoms with Crippen molar-refractivity contribution in [3.8, 4) is 0 Å². The van der Waals surface area contributed by atoms with Crippen LogP contribution < -0.4 is 0 Å². The number of rotatable bonds is 6. The molecule has 0 heterocycles. The van der Waals surface area contributed by atoms with Gasteiger partial charge in [0, 0.05) is 0 Å². The summed E-state index contributed by atoms with van der Waals surface area (Å²) in [5, 5.41) is 21.9. The molecular formula is C16H12Br6O3. The van der Waals surface area contributed by atoms with Gasteiger partial charge in [-0.15, -0.1) is 0 Å². The minimum absolute atomic E-state index is 0.539. The average Bonchev–Trinajstić information content (AvgIpc) is 2.55. The topological polar surface area (TPSA) is 49.7 Å². The molecule has 2 aromatic carbocycles. The van der Waals surface area contributed by atoms with Crippen LogP contribution in [0.1, 0.15) is 11.1 Å². The third kappa shape index (κ3) is 4.79. The van der Waals surface area contributed by atoms with E-state index in [0.717, 1.165) is 0 Å². The largest absolute Gasteiger partial charge is 0.371 e. The number of halogens is 6. The fourth-order valence-corrected chi connectivity index (χ4v) is 5.40. The molecule has 0 aromatic heterocycles. The van der Waals surface area contributed by atoms with Crippen molar-refractivity contribution in [2.45, 2.75) is 15.9 Å². The normalized spacial score (nSPS) is 17.6. The fraction of sp³-hybridized carbons (Fsp3) is 0.250. The Labute approximate surface area is 196 Å². The molecule has 0 bridgehead atoms. The molecule has 0 saturated carbocycles. The first-order valence-corrected chi connectivity index (χ1v) is 11.6. The van der Waals surface area contributed by atoms with Crippen LogP contribution in [0.25, 0.3) is 0 Å². The highest BCUT2D eigenvalue weighted by Gasteiger charge is 2.57. The summed E-state index contributed by atoms with van der Waals surface area (Å²) in [5.74, 6) is 0. The molecule has 2 unspecified atom stereocenters. The number of alkyl halides is 6. The second kappa shape index (κ2) is 8.29. The van der Waals surface area contributed by atoms with E-state index in [0.29, 0.717) is 11.1 Å². The van der Waals surface area contributed by atoms with E-state index >= 15 is 0 Å².